The number of halogens is 2. The molecule has 4 heteroatoms. The summed E-state index contributed by atoms with van der Waals surface area (Å²) in [6, 6.07) is 12.7. The van der Waals surface area contributed by atoms with Gasteiger partial charge in [0.1, 0.15) is 11.6 Å². The summed E-state index contributed by atoms with van der Waals surface area (Å²) in [5.74, 6) is 0.658. The lowest BCUT2D eigenvalue weighted by atomic mass is 9.98. The number of hydrogen-bond donors (Lipinski definition) is 1. The van der Waals surface area contributed by atoms with Gasteiger partial charge in [-0.2, -0.15) is 0 Å². The number of ether oxygens (including phenoxy) is 1. The number of rotatable bonds is 5. The molecule has 1 aliphatic rings. The zero-order valence-electron chi connectivity index (χ0n) is 11.8. The zero-order valence-corrected chi connectivity index (χ0v) is 13.4. The molecule has 3 rings (SSSR count). The highest BCUT2D eigenvalue weighted by atomic mass is 79.9. The highest BCUT2D eigenvalue weighted by molar-refractivity contribution is 9.10. The van der Waals surface area contributed by atoms with Gasteiger partial charge in [-0.05, 0) is 49.7 Å². The van der Waals surface area contributed by atoms with E-state index in [9.17, 15) is 4.39 Å². The van der Waals surface area contributed by atoms with Crippen molar-refractivity contribution in [1.82, 2.24) is 5.32 Å². The first-order valence-electron chi connectivity index (χ1n) is 7.07. The third-order valence-electron chi connectivity index (χ3n) is 3.62. The smallest absolute Gasteiger partial charge is 0.129 e. The Balaban J connectivity index is 1.88. The van der Waals surface area contributed by atoms with E-state index in [1.54, 1.807) is 6.07 Å². The summed E-state index contributed by atoms with van der Waals surface area (Å²) in [5, 5.41) is 3.18. The van der Waals surface area contributed by atoms with Crippen LogP contribution in [0.25, 0.3) is 0 Å². The van der Waals surface area contributed by atoms with Crippen LogP contribution in [0.3, 0.4) is 0 Å². The second-order valence-corrected chi connectivity index (χ2v) is 6.10. The molecule has 0 aromatic heterocycles. The number of nitrogens with one attached hydrogen (secondary N) is 1. The van der Waals surface area contributed by atoms with Gasteiger partial charge in [-0.3, -0.25) is 0 Å². The van der Waals surface area contributed by atoms with Crippen molar-refractivity contribution >= 4 is 15.9 Å². The quantitative estimate of drug-likeness (QED) is 0.861. The van der Waals surface area contributed by atoms with Gasteiger partial charge in [-0.25, -0.2) is 4.39 Å². The minimum atomic E-state index is -0.220. The molecule has 2 aromatic carbocycles. The predicted molar refractivity (Wildman–Crippen MR) is 85.1 cm³/mol. The van der Waals surface area contributed by atoms with Crippen molar-refractivity contribution in [3.05, 3.63) is 63.9 Å². The van der Waals surface area contributed by atoms with Gasteiger partial charge >= 0.3 is 0 Å². The van der Waals surface area contributed by atoms with Crippen LogP contribution in [0.5, 0.6) is 5.75 Å². The first kappa shape index (κ1) is 14.5. The van der Waals surface area contributed by atoms with Crippen molar-refractivity contribution in [1.29, 1.82) is 0 Å². The Bertz CT molecular complexity index is 605. The molecular formula is C17H17BrFNO. The fraction of sp³-hybridized carbons (Fsp3) is 0.294. The normalized spacial score (nSPS) is 15.8. The van der Waals surface area contributed by atoms with E-state index in [1.165, 1.54) is 6.07 Å². The first-order valence-corrected chi connectivity index (χ1v) is 7.86. The Kier molecular flexibility index (Phi) is 4.27. The molecule has 1 fully saturated rings. The Hall–Kier alpha value is -1.39. The van der Waals surface area contributed by atoms with Crippen LogP contribution in [0.1, 0.15) is 30.0 Å². The summed E-state index contributed by atoms with van der Waals surface area (Å²) >= 11 is 3.44. The molecule has 0 aliphatic heterocycles. The maximum absolute atomic E-state index is 14.1. The maximum Gasteiger partial charge on any atom is 0.129 e. The molecule has 0 saturated heterocycles. The molecule has 0 amide bonds. The molecule has 21 heavy (non-hydrogen) atoms. The van der Waals surface area contributed by atoms with Crippen LogP contribution in [0, 0.1) is 5.82 Å². The molecule has 1 saturated carbocycles. The van der Waals surface area contributed by atoms with Crippen molar-refractivity contribution in [3.63, 3.8) is 0 Å². The molecule has 0 bridgehead atoms. The van der Waals surface area contributed by atoms with E-state index in [1.807, 2.05) is 37.4 Å². The van der Waals surface area contributed by atoms with E-state index in [-0.39, 0.29) is 11.9 Å². The Morgan fingerprint density at radius 2 is 1.90 bits per heavy atom. The molecule has 0 radical (unpaired) electrons. The topological polar surface area (TPSA) is 21.3 Å². The molecule has 110 valence electrons. The van der Waals surface area contributed by atoms with Crippen LogP contribution in [-0.2, 0) is 0 Å². The van der Waals surface area contributed by atoms with E-state index in [2.05, 4.69) is 21.2 Å². The van der Waals surface area contributed by atoms with Crippen molar-refractivity contribution in [2.75, 3.05) is 7.05 Å². The van der Waals surface area contributed by atoms with Crippen LogP contribution < -0.4 is 10.1 Å². The predicted octanol–water partition coefficient (Wildman–Crippen LogP) is 4.44. The summed E-state index contributed by atoms with van der Waals surface area (Å²) in [5.41, 5.74) is 1.63. The van der Waals surface area contributed by atoms with Crippen LogP contribution >= 0.6 is 15.9 Å². The van der Waals surface area contributed by atoms with Crippen molar-refractivity contribution in [2.24, 2.45) is 0 Å². The standard InChI is InChI=1S/C17H17BrFNO/c1-20-17(16-14(18)3-2-4-15(16)19)11-5-7-12(8-6-11)21-13-9-10-13/h2-8,13,17,20H,9-10H2,1H3. The Labute approximate surface area is 132 Å². The van der Waals surface area contributed by atoms with Crippen molar-refractivity contribution < 1.29 is 9.13 Å². The highest BCUT2D eigenvalue weighted by Gasteiger charge is 2.24. The average molecular weight is 350 g/mol. The van der Waals surface area contributed by atoms with E-state index in [0.29, 0.717) is 11.7 Å². The molecule has 2 aromatic rings. The van der Waals surface area contributed by atoms with Gasteiger partial charge in [-0.15, -0.1) is 0 Å². The Morgan fingerprint density at radius 3 is 2.48 bits per heavy atom. The lowest BCUT2D eigenvalue weighted by Crippen LogP contribution is -2.19. The fourth-order valence-corrected chi connectivity index (χ4v) is 2.95. The summed E-state index contributed by atoms with van der Waals surface area (Å²) < 4.78 is 20.6. The lowest BCUT2D eigenvalue weighted by molar-refractivity contribution is 0.303. The van der Waals surface area contributed by atoms with Crippen LogP contribution in [0.15, 0.2) is 46.9 Å². The fourth-order valence-electron chi connectivity index (χ4n) is 2.38. The minimum absolute atomic E-state index is 0.199. The molecule has 2 nitrogen and oxygen atoms in total. The molecule has 1 atom stereocenters. The third kappa shape index (κ3) is 3.27. The average Bonchev–Trinajstić information content (AvgIpc) is 3.28. The summed E-state index contributed by atoms with van der Waals surface area (Å²) in [4.78, 5) is 0. The second-order valence-electron chi connectivity index (χ2n) is 5.24. The highest BCUT2D eigenvalue weighted by Crippen LogP contribution is 2.32. The monoisotopic (exact) mass is 349 g/mol. The van der Waals surface area contributed by atoms with Gasteiger partial charge in [-0.1, -0.05) is 34.1 Å². The molecular weight excluding hydrogens is 333 g/mol. The largest absolute Gasteiger partial charge is 0.490 e. The van der Waals surface area contributed by atoms with Gasteiger partial charge < -0.3 is 10.1 Å². The molecule has 1 aliphatic carbocycles. The zero-order chi connectivity index (χ0) is 14.8. The van der Waals surface area contributed by atoms with Crippen LogP contribution in [0.4, 0.5) is 4.39 Å². The molecule has 0 heterocycles. The SMILES string of the molecule is CNC(c1ccc(OC2CC2)cc1)c1c(F)cccc1Br. The summed E-state index contributed by atoms with van der Waals surface area (Å²) in [7, 11) is 1.83. The summed E-state index contributed by atoms with van der Waals surface area (Å²) in [6.07, 6.45) is 2.67. The minimum Gasteiger partial charge on any atom is -0.490 e. The van der Waals surface area contributed by atoms with Crippen LogP contribution in [0.2, 0.25) is 0 Å². The number of benzene rings is 2. The van der Waals surface area contributed by atoms with Gasteiger partial charge in [0, 0.05) is 10.0 Å². The first-order chi connectivity index (χ1) is 10.2. The van der Waals surface area contributed by atoms with Gasteiger partial charge in [0.05, 0.1) is 12.1 Å². The van der Waals surface area contributed by atoms with E-state index < -0.39 is 0 Å². The van der Waals surface area contributed by atoms with Crippen molar-refractivity contribution in [3.8, 4) is 5.75 Å². The summed E-state index contributed by atoms with van der Waals surface area (Å²) in [6.45, 7) is 0. The van der Waals surface area contributed by atoms with Gasteiger partial charge in [0.25, 0.3) is 0 Å². The Morgan fingerprint density at radius 1 is 1.19 bits per heavy atom. The van der Waals surface area contributed by atoms with E-state index >= 15 is 0 Å². The van der Waals surface area contributed by atoms with E-state index in [4.69, 9.17) is 4.74 Å². The van der Waals surface area contributed by atoms with Crippen LogP contribution in [-0.4, -0.2) is 13.2 Å². The maximum atomic E-state index is 14.1. The van der Waals surface area contributed by atoms with Crippen molar-refractivity contribution in [2.45, 2.75) is 25.0 Å². The molecule has 1 N–H and O–H groups in total. The second kappa shape index (κ2) is 6.16. The van der Waals surface area contributed by atoms with E-state index in [0.717, 1.165) is 28.6 Å². The van der Waals surface area contributed by atoms with Gasteiger partial charge in [0.15, 0.2) is 0 Å². The third-order valence-corrected chi connectivity index (χ3v) is 4.31. The molecule has 1 unspecified atom stereocenters. The lowest BCUT2D eigenvalue weighted by Gasteiger charge is -2.19. The number of hydrogen-bond acceptors (Lipinski definition) is 2. The van der Waals surface area contributed by atoms with Gasteiger partial charge in [0.2, 0.25) is 0 Å². The molecule has 0 spiro atoms.